The second-order valence-electron chi connectivity index (χ2n) is 5.56. The molecule has 0 spiro atoms. The molecule has 2 nitrogen and oxygen atoms in total. The van der Waals surface area contributed by atoms with Crippen LogP contribution in [0.1, 0.15) is 24.8 Å². The average molecular weight is 322 g/mol. The fourth-order valence-electron chi connectivity index (χ4n) is 2.68. The first-order valence-corrected chi connectivity index (χ1v) is 7.13. The van der Waals surface area contributed by atoms with Gasteiger partial charge in [-0.1, -0.05) is 6.08 Å². The third-order valence-electron chi connectivity index (χ3n) is 3.96. The molecule has 0 aliphatic heterocycles. The Morgan fingerprint density at radius 3 is 2.48 bits per heavy atom. The highest BCUT2D eigenvalue weighted by Gasteiger charge is 2.31. The van der Waals surface area contributed by atoms with Crippen LogP contribution < -0.4 is 5.73 Å². The summed E-state index contributed by atoms with van der Waals surface area (Å²) in [6.45, 7) is 0. The molecule has 2 N–H and O–H groups in total. The number of nitrogen functional groups attached to an aromatic ring is 1. The van der Waals surface area contributed by atoms with E-state index in [-0.39, 0.29) is 36.1 Å². The molecule has 0 saturated carbocycles. The zero-order valence-electron chi connectivity index (χ0n) is 12.1. The number of benzene rings is 1. The number of rotatable bonds is 2. The van der Waals surface area contributed by atoms with E-state index in [1.165, 1.54) is 18.5 Å². The Hall–Kier alpha value is -2.37. The topological polar surface area (TPSA) is 38.9 Å². The van der Waals surface area contributed by atoms with Gasteiger partial charge in [-0.2, -0.15) is 0 Å². The standard InChI is InChI=1S/C17H14F4N2/c18-11-1-2-15(19)12(7-11)14-9-23-8-13(16(14)22)10-3-5-17(20,21)6-4-10/h1-3,7-9H,4-6H2,(H2,22,23). The number of nitrogens with two attached hydrogens (primary N) is 1. The summed E-state index contributed by atoms with van der Waals surface area (Å²) >= 11 is 0. The van der Waals surface area contributed by atoms with Gasteiger partial charge >= 0.3 is 0 Å². The highest BCUT2D eigenvalue weighted by atomic mass is 19.3. The molecule has 3 rings (SSSR count). The number of hydrogen-bond acceptors (Lipinski definition) is 2. The third-order valence-corrected chi connectivity index (χ3v) is 3.96. The maximum atomic E-state index is 13.9. The molecule has 0 unspecified atom stereocenters. The van der Waals surface area contributed by atoms with E-state index in [4.69, 9.17) is 5.73 Å². The molecule has 2 aromatic rings. The summed E-state index contributed by atoms with van der Waals surface area (Å²) in [6.07, 6.45) is 3.77. The molecule has 1 aromatic carbocycles. The first kappa shape index (κ1) is 15.5. The van der Waals surface area contributed by atoms with Gasteiger partial charge in [0.05, 0.1) is 5.69 Å². The lowest BCUT2D eigenvalue weighted by atomic mass is 9.90. The smallest absolute Gasteiger partial charge is 0.251 e. The van der Waals surface area contributed by atoms with E-state index in [0.29, 0.717) is 11.1 Å². The van der Waals surface area contributed by atoms with Crippen molar-refractivity contribution >= 4 is 11.3 Å². The van der Waals surface area contributed by atoms with Crippen molar-refractivity contribution in [3.63, 3.8) is 0 Å². The molecule has 120 valence electrons. The molecule has 1 heterocycles. The first-order chi connectivity index (χ1) is 10.9. The van der Waals surface area contributed by atoms with E-state index in [0.717, 1.165) is 18.2 Å². The molecule has 23 heavy (non-hydrogen) atoms. The van der Waals surface area contributed by atoms with Crippen LogP contribution in [0.25, 0.3) is 16.7 Å². The maximum absolute atomic E-state index is 13.9. The van der Waals surface area contributed by atoms with Crippen molar-refractivity contribution in [2.24, 2.45) is 0 Å². The molecule has 0 fully saturated rings. The molecule has 0 amide bonds. The summed E-state index contributed by atoms with van der Waals surface area (Å²) in [5, 5.41) is 0. The number of hydrogen-bond donors (Lipinski definition) is 1. The zero-order valence-corrected chi connectivity index (χ0v) is 12.1. The SMILES string of the molecule is Nc1c(C2=CCC(F)(F)CC2)cncc1-c1cc(F)ccc1F. The van der Waals surface area contributed by atoms with Crippen LogP contribution in [0.2, 0.25) is 0 Å². The van der Waals surface area contributed by atoms with E-state index in [9.17, 15) is 17.6 Å². The van der Waals surface area contributed by atoms with Crippen LogP contribution >= 0.6 is 0 Å². The van der Waals surface area contributed by atoms with E-state index in [1.54, 1.807) is 0 Å². The lowest BCUT2D eigenvalue weighted by Crippen LogP contribution is -2.18. The van der Waals surface area contributed by atoms with Gasteiger partial charge in [-0.25, -0.2) is 17.6 Å². The second-order valence-corrected chi connectivity index (χ2v) is 5.56. The van der Waals surface area contributed by atoms with E-state index < -0.39 is 17.6 Å². The van der Waals surface area contributed by atoms with Crippen molar-refractivity contribution in [2.75, 3.05) is 5.73 Å². The number of anilines is 1. The Balaban J connectivity index is 2.06. The summed E-state index contributed by atoms with van der Waals surface area (Å²) in [6, 6.07) is 3.06. The molecule has 1 aliphatic rings. The summed E-state index contributed by atoms with van der Waals surface area (Å²) in [5.41, 5.74) is 7.67. The second kappa shape index (κ2) is 5.68. The minimum Gasteiger partial charge on any atom is -0.398 e. The van der Waals surface area contributed by atoms with Gasteiger partial charge in [-0.3, -0.25) is 4.98 Å². The highest BCUT2D eigenvalue weighted by molar-refractivity contribution is 5.86. The van der Waals surface area contributed by atoms with Crippen molar-refractivity contribution in [1.29, 1.82) is 0 Å². The summed E-state index contributed by atoms with van der Waals surface area (Å²) in [5.74, 6) is -3.93. The average Bonchev–Trinajstić information content (AvgIpc) is 2.51. The van der Waals surface area contributed by atoms with Crippen LogP contribution in [0.15, 0.2) is 36.7 Å². The number of allylic oxidation sites excluding steroid dienone is 2. The van der Waals surface area contributed by atoms with E-state index >= 15 is 0 Å². The molecule has 0 radical (unpaired) electrons. The minimum absolute atomic E-state index is 0.00131. The Bertz CT molecular complexity index is 784. The molecule has 6 heteroatoms. The van der Waals surface area contributed by atoms with Crippen LogP contribution in [-0.2, 0) is 0 Å². The van der Waals surface area contributed by atoms with Gasteiger partial charge in [0.1, 0.15) is 11.6 Å². The van der Waals surface area contributed by atoms with Crippen LogP contribution in [-0.4, -0.2) is 10.9 Å². The molecule has 1 aromatic heterocycles. The lowest BCUT2D eigenvalue weighted by molar-refractivity contribution is -0.00602. The fraction of sp³-hybridized carbons (Fsp3) is 0.235. The van der Waals surface area contributed by atoms with Gasteiger partial charge in [0.15, 0.2) is 0 Å². The van der Waals surface area contributed by atoms with E-state index in [2.05, 4.69) is 4.98 Å². The van der Waals surface area contributed by atoms with Gasteiger partial charge < -0.3 is 5.73 Å². The van der Waals surface area contributed by atoms with Crippen molar-refractivity contribution in [2.45, 2.75) is 25.2 Å². The van der Waals surface area contributed by atoms with Crippen LogP contribution in [0.5, 0.6) is 0 Å². The molecule has 0 bridgehead atoms. The number of pyridine rings is 1. The Morgan fingerprint density at radius 1 is 1.04 bits per heavy atom. The third kappa shape index (κ3) is 3.06. The first-order valence-electron chi connectivity index (χ1n) is 7.13. The molecule has 1 aliphatic carbocycles. The van der Waals surface area contributed by atoms with Crippen LogP contribution in [0, 0.1) is 11.6 Å². The quantitative estimate of drug-likeness (QED) is 0.806. The van der Waals surface area contributed by atoms with Crippen molar-refractivity contribution < 1.29 is 17.6 Å². The van der Waals surface area contributed by atoms with Gasteiger partial charge in [0.2, 0.25) is 0 Å². The Labute approximate surface area is 130 Å². The summed E-state index contributed by atoms with van der Waals surface area (Å²) in [4.78, 5) is 4.01. The molecule has 0 saturated heterocycles. The van der Waals surface area contributed by atoms with Crippen molar-refractivity contribution in [3.05, 3.63) is 53.9 Å². The van der Waals surface area contributed by atoms with Crippen LogP contribution in [0.4, 0.5) is 23.2 Å². The number of alkyl halides is 2. The normalized spacial score (nSPS) is 17.0. The zero-order chi connectivity index (χ0) is 16.6. The van der Waals surface area contributed by atoms with Crippen molar-refractivity contribution in [3.8, 4) is 11.1 Å². The van der Waals surface area contributed by atoms with Crippen LogP contribution in [0.3, 0.4) is 0 Å². The maximum Gasteiger partial charge on any atom is 0.251 e. The number of aromatic nitrogens is 1. The lowest BCUT2D eigenvalue weighted by Gasteiger charge is -2.22. The Kier molecular flexibility index (Phi) is 3.83. The largest absolute Gasteiger partial charge is 0.398 e. The predicted molar refractivity (Wildman–Crippen MR) is 80.8 cm³/mol. The molecular weight excluding hydrogens is 308 g/mol. The van der Waals surface area contributed by atoms with Crippen molar-refractivity contribution in [1.82, 2.24) is 4.98 Å². The summed E-state index contributed by atoms with van der Waals surface area (Å²) in [7, 11) is 0. The highest BCUT2D eigenvalue weighted by Crippen LogP contribution is 2.40. The van der Waals surface area contributed by atoms with Gasteiger partial charge in [-0.15, -0.1) is 0 Å². The summed E-state index contributed by atoms with van der Waals surface area (Å²) < 4.78 is 53.8. The molecular formula is C17H14F4N2. The fourth-order valence-corrected chi connectivity index (χ4v) is 2.68. The number of nitrogens with zero attached hydrogens (tertiary/aromatic N) is 1. The molecule has 0 atom stereocenters. The monoisotopic (exact) mass is 322 g/mol. The van der Waals surface area contributed by atoms with Gasteiger partial charge in [0.25, 0.3) is 5.92 Å². The van der Waals surface area contributed by atoms with E-state index in [1.807, 2.05) is 0 Å². The van der Waals surface area contributed by atoms with Gasteiger partial charge in [-0.05, 0) is 30.2 Å². The Morgan fingerprint density at radius 2 is 1.78 bits per heavy atom. The predicted octanol–water partition coefficient (Wildman–Crippen LogP) is 4.81. The number of halogens is 4. The minimum atomic E-state index is -2.71. The van der Waals surface area contributed by atoms with Gasteiger partial charge in [0, 0.05) is 41.9 Å².